The summed E-state index contributed by atoms with van der Waals surface area (Å²) >= 11 is 1.60. The lowest BCUT2D eigenvalue weighted by Crippen LogP contribution is -2.12. The Morgan fingerprint density at radius 1 is 1.62 bits per heavy atom. The van der Waals surface area contributed by atoms with E-state index in [1.807, 2.05) is 23.6 Å². The van der Waals surface area contributed by atoms with Gasteiger partial charge in [0, 0.05) is 17.1 Å². The van der Waals surface area contributed by atoms with Gasteiger partial charge in [-0.25, -0.2) is 4.98 Å². The number of nitriles is 1. The zero-order valence-electron chi connectivity index (χ0n) is 11.4. The molecule has 0 amide bonds. The molecule has 0 saturated heterocycles. The maximum atomic E-state index is 11.1. The molecule has 108 valence electrons. The number of thiophene rings is 1. The quantitative estimate of drug-likeness (QED) is 0.645. The van der Waals surface area contributed by atoms with Crippen LogP contribution in [0.5, 0.6) is 0 Å². The van der Waals surface area contributed by atoms with Crippen molar-refractivity contribution in [2.75, 3.05) is 5.32 Å². The van der Waals surface area contributed by atoms with Crippen LogP contribution in [0.3, 0.4) is 0 Å². The minimum atomic E-state index is -0.520. The summed E-state index contributed by atoms with van der Waals surface area (Å²) in [6, 6.07) is 7.03. The fourth-order valence-electron chi connectivity index (χ4n) is 1.99. The first-order valence-corrected chi connectivity index (χ1v) is 7.38. The van der Waals surface area contributed by atoms with Gasteiger partial charge in [-0.3, -0.25) is 10.1 Å². The molecule has 0 aliphatic carbocycles. The highest BCUT2D eigenvalue weighted by Crippen LogP contribution is 2.31. The number of hydrogen-bond donors (Lipinski definition) is 1. The lowest BCUT2D eigenvalue weighted by Gasteiger charge is -2.17. The van der Waals surface area contributed by atoms with Gasteiger partial charge in [0.05, 0.1) is 16.5 Å². The van der Waals surface area contributed by atoms with Crippen molar-refractivity contribution in [1.29, 1.82) is 5.26 Å². The molecular formula is C14H14N4O2S. The van der Waals surface area contributed by atoms with E-state index in [0.29, 0.717) is 0 Å². The van der Waals surface area contributed by atoms with Crippen LogP contribution in [0.15, 0.2) is 29.8 Å². The predicted molar refractivity (Wildman–Crippen MR) is 81.2 cm³/mol. The van der Waals surface area contributed by atoms with E-state index in [1.165, 1.54) is 12.3 Å². The van der Waals surface area contributed by atoms with E-state index in [1.54, 1.807) is 11.3 Å². The highest BCUT2D eigenvalue weighted by atomic mass is 32.1. The third kappa shape index (κ3) is 3.55. The molecule has 0 radical (unpaired) electrons. The second-order valence-corrected chi connectivity index (χ2v) is 5.44. The molecule has 6 nitrogen and oxygen atoms in total. The van der Waals surface area contributed by atoms with Crippen molar-refractivity contribution in [2.24, 2.45) is 0 Å². The van der Waals surface area contributed by atoms with Crippen LogP contribution >= 0.6 is 11.3 Å². The van der Waals surface area contributed by atoms with Gasteiger partial charge >= 0.3 is 5.69 Å². The summed E-state index contributed by atoms with van der Waals surface area (Å²) in [5, 5.41) is 25.1. The maximum Gasteiger partial charge on any atom is 0.312 e. The predicted octanol–water partition coefficient (Wildman–Crippen LogP) is 3.88. The van der Waals surface area contributed by atoms with E-state index in [2.05, 4.69) is 17.2 Å². The fraction of sp³-hybridized carbons (Fsp3) is 0.286. The van der Waals surface area contributed by atoms with Gasteiger partial charge in [0.2, 0.25) is 5.82 Å². The molecule has 0 spiro atoms. The summed E-state index contributed by atoms with van der Waals surface area (Å²) in [6.07, 6.45) is 3.13. The van der Waals surface area contributed by atoms with Crippen molar-refractivity contribution < 1.29 is 4.92 Å². The number of nitro groups is 1. The average molecular weight is 302 g/mol. The van der Waals surface area contributed by atoms with Gasteiger partial charge in [-0.1, -0.05) is 19.4 Å². The first kappa shape index (κ1) is 14.9. The molecule has 21 heavy (non-hydrogen) atoms. The molecule has 1 unspecified atom stereocenters. The van der Waals surface area contributed by atoms with Crippen LogP contribution in [0, 0.1) is 21.4 Å². The van der Waals surface area contributed by atoms with Crippen molar-refractivity contribution in [2.45, 2.75) is 25.8 Å². The molecule has 7 heteroatoms. The van der Waals surface area contributed by atoms with Crippen LogP contribution in [-0.4, -0.2) is 9.91 Å². The van der Waals surface area contributed by atoms with Gasteiger partial charge in [0.15, 0.2) is 0 Å². The van der Waals surface area contributed by atoms with Crippen LogP contribution in [0.1, 0.15) is 36.2 Å². The van der Waals surface area contributed by atoms with E-state index in [4.69, 9.17) is 5.26 Å². The molecule has 0 saturated carbocycles. The molecule has 0 aliphatic rings. The second-order valence-electron chi connectivity index (χ2n) is 4.46. The SMILES string of the molecule is CCCC(Nc1ncc(C#N)cc1[N+](=O)[O-])c1cccs1. The lowest BCUT2D eigenvalue weighted by molar-refractivity contribution is -0.384. The highest BCUT2D eigenvalue weighted by Gasteiger charge is 2.20. The summed E-state index contributed by atoms with van der Waals surface area (Å²) in [5.74, 6) is 0.200. The van der Waals surface area contributed by atoms with E-state index in [-0.39, 0.29) is 23.1 Å². The van der Waals surface area contributed by atoms with E-state index in [9.17, 15) is 10.1 Å². The van der Waals surface area contributed by atoms with E-state index < -0.39 is 4.92 Å². The summed E-state index contributed by atoms with van der Waals surface area (Å²) < 4.78 is 0. The zero-order chi connectivity index (χ0) is 15.2. The first-order valence-electron chi connectivity index (χ1n) is 6.50. The third-order valence-corrected chi connectivity index (χ3v) is 3.95. The molecule has 2 aromatic rings. The molecule has 0 bridgehead atoms. The molecule has 1 N–H and O–H groups in total. The Balaban J connectivity index is 2.32. The Morgan fingerprint density at radius 3 is 3.00 bits per heavy atom. The summed E-state index contributed by atoms with van der Waals surface area (Å²) in [6.45, 7) is 2.06. The van der Waals surface area contributed by atoms with E-state index >= 15 is 0 Å². The number of aromatic nitrogens is 1. The van der Waals surface area contributed by atoms with Crippen molar-refractivity contribution >= 4 is 22.8 Å². The highest BCUT2D eigenvalue weighted by molar-refractivity contribution is 7.10. The van der Waals surface area contributed by atoms with Crippen LogP contribution < -0.4 is 5.32 Å². The van der Waals surface area contributed by atoms with Gasteiger partial charge < -0.3 is 5.32 Å². The Morgan fingerprint density at radius 2 is 2.43 bits per heavy atom. The van der Waals surface area contributed by atoms with Crippen molar-refractivity contribution in [3.8, 4) is 6.07 Å². The zero-order valence-corrected chi connectivity index (χ0v) is 12.3. The standard InChI is InChI=1S/C14H14N4O2S/c1-2-4-11(13-5-3-6-21-13)17-14-12(18(19)20)7-10(8-15)9-16-14/h3,5-7,9,11H,2,4H2,1H3,(H,16,17). The number of anilines is 1. The lowest BCUT2D eigenvalue weighted by atomic mass is 10.1. The Kier molecular flexibility index (Phi) is 4.85. The Labute approximate surface area is 126 Å². The Hall–Kier alpha value is -2.46. The average Bonchev–Trinajstić information content (AvgIpc) is 3.01. The molecule has 1 atom stereocenters. The fourth-order valence-corrected chi connectivity index (χ4v) is 2.81. The van der Waals surface area contributed by atoms with Gasteiger partial charge in [-0.2, -0.15) is 5.26 Å². The Bertz CT molecular complexity index is 664. The molecule has 2 aromatic heterocycles. The van der Waals surface area contributed by atoms with Crippen LogP contribution in [-0.2, 0) is 0 Å². The smallest absolute Gasteiger partial charge is 0.312 e. The minimum Gasteiger partial charge on any atom is -0.357 e. The number of hydrogen-bond acceptors (Lipinski definition) is 6. The minimum absolute atomic E-state index is 0.0193. The number of rotatable bonds is 6. The van der Waals surface area contributed by atoms with Crippen LogP contribution in [0.4, 0.5) is 11.5 Å². The van der Waals surface area contributed by atoms with Crippen LogP contribution in [0.25, 0.3) is 0 Å². The number of pyridine rings is 1. The van der Waals surface area contributed by atoms with Crippen molar-refractivity contribution in [3.05, 3.63) is 50.3 Å². The van der Waals surface area contributed by atoms with Gasteiger partial charge in [0.25, 0.3) is 0 Å². The topological polar surface area (TPSA) is 91.8 Å². The summed E-state index contributed by atoms with van der Waals surface area (Å²) in [5.41, 5.74) is 0.00197. The van der Waals surface area contributed by atoms with Gasteiger partial charge in [0.1, 0.15) is 6.07 Å². The summed E-state index contributed by atoms with van der Waals surface area (Å²) in [4.78, 5) is 15.8. The van der Waals surface area contributed by atoms with Gasteiger partial charge in [-0.05, 0) is 17.9 Å². The second kappa shape index (κ2) is 6.81. The third-order valence-electron chi connectivity index (χ3n) is 2.97. The molecule has 0 fully saturated rings. The number of nitrogens with zero attached hydrogens (tertiary/aromatic N) is 3. The van der Waals surface area contributed by atoms with Gasteiger partial charge in [-0.15, -0.1) is 11.3 Å². The van der Waals surface area contributed by atoms with E-state index in [0.717, 1.165) is 17.7 Å². The molecular weight excluding hydrogens is 288 g/mol. The first-order chi connectivity index (χ1) is 10.2. The molecule has 0 aromatic carbocycles. The molecule has 2 heterocycles. The monoisotopic (exact) mass is 302 g/mol. The van der Waals surface area contributed by atoms with Crippen molar-refractivity contribution in [3.63, 3.8) is 0 Å². The van der Waals surface area contributed by atoms with Crippen molar-refractivity contribution in [1.82, 2.24) is 4.98 Å². The normalized spacial score (nSPS) is 11.6. The molecule has 0 aliphatic heterocycles. The number of nitrogens with one attached hydrogen (secondary N) is 1. The maximum absolute atomic E-state index is 11.1. The largest absolute Gasteiger partial charge is 0.357 e. The van der Waals surface area contributed by atoms with Crippen LogP contribution in [0.2, 0.25) is 0 Å². The summed E-state index contributed by atoms with van der Waals surface area (Å²) in [7, 11) is 0. The molecule has 2 rings (SSSR count).